The Balaban J connectivity index is 0.955. The van der Waals surface area contributed by atoms with Crippen LogP contribution in [0.25, 0.3) is 22.3 Å². The second kappa shape index (κ2) is 12.6. The van der Waals surface area contributed by atoms with Crippen LogP contribution in [0.2, 0.25) is 0 Å². The van der Waals surface area contributed by atoms with Crippen molar-refractivity contribution in [1.29, 1.82) is 0 Å². The summed E-state index contributed by atoms with van der Waals surface area (Å²) < 4.78 is 3.11. The van der Waals surface area contributed by atoms with E-state index in [-0.39, 0.29) is 27.9 Å². The van der Waals surface area contributed by atoms with Crippen LogP contribution in [0.5, 0.6) is 0 Å². The van der Waals surface area contributed by atoms with Crippen molar-refractivity contribution in [2.75, 3.05) is 67.4 Å². The van der Waals surface area contributed by atoms with E-state index in [1.807, 2.05) is 0 Å². The third-order valence-electron chi connectivity index (χ3n) is 18.0. The molecule has 0 fully saturated rings. The van der Waals surface area contributed by atoms with Gasteiger partial charge in [0.25, 0.3) is 0 Å². The second-order valence-electron chi connectivity index (χ2n) is 21.0. The fourth-order valence-corrected chi connectivity index (χ4v) is 18.2. The minimum atomic E-state index is -0.0568. The number of para-hydroxylation sites is 4. The molecule has 0 amide bonds. The summed E-state index contributed by atoms with van der Waals surface area (Å²) in [6.45, 7) is 0.0834. The molecule has 0 saturated carbocycles. The van der Waals surface area contributed by atoms with Crippen LogP contribution in [0.3, 0.4) is 0 Å². The molecular formula is C62H40B2N8Se. The van der Waals surface area contributed by atoms with Gasteiger partial charge in [-0.05, 0) is 0 Å². The molecule has 10 aromatic rings. The molecule has 0 aliphatic carbocycles. The van der Waals surface area contributed by atoms with Gasteiger partial charge in [0.2, 0.25) is 0 Å². The van der Waals surface area contributed by atoms with Gasteiger partial charge in [0, 0.05) is 0 Å². The van der Waals surface area contributed by atoms with E-state index in [0.717, 1.165) is 0 Å². The van der Waals surface area contributed by atoms with Gasteiger partial charge in [-0.1, -0.05) is 0 Å². The van der Waals surface area contributed by atoms with Crippen LogP contribution in [0.1, 0.15) is 0 Å². The first-order chi connectivity index (χ1) is 36.0. The topological polar surface area (TPSA) is 25.9 Å². The van der Waals surface area contributed by atoms with Gasteiger partial charge in [-0.25, -0.2) is 0 Å². The zero-order valence-corrected chi connectivity index (χ0v) is 42.0. The van der Waals surface area contributed by atoms with Gasteiger partial charge in [0.15, 0.2) is 0 Å². The van der Waals surface area contributed by atoms with Gasteiger partial charge < -0.3 is 0 Å². The molecule has 0 N–H and O–H groups in total. The molecule has 19 rings (SSSR count). The summed E-state index contributed by atoms with van der Waals surface area (Å²) in [5, 5.41) is 0. The Morgan fingerprint density at radius 2 is 0.753 bits per heavy atom. The molecule has 0 atom stereocenters. The van der Waals surface area contributed by atoms with Gasteiger partial charge in [-0.15, -0.1) is 0 Å². The van der Waals surface area contributed by atoms with Crippen molar-refractivity contribution in [1.82, 2.24) is 0 Å². The average molecular weight is 998 g/mol. The molecule has 9 aliphatic heterocycles. The first-order valence-corrected chi connectivity index (χ1v) is 27.1. The number of hydrogen-bond donors (Lipinski definition) is 0. The normalized spacial score (nSPS) is 15.7. The Morgan fingerprint density at radius 1 is 0.288 bits per heavy atom. The average Bonchev–Trinajstić information content (AvgIpc) is 3.88. The summed E-state index contributed by atoms with van der Waals surface area (Å²) >= 11 is -0.0568. The number of benzene rings is 9. The van der Waals surface area contributed by atoms with Crippen molar-refractivity contribution in [3.05, 3.63) is 170 Å². The van der Waals surface area contributed by atoms with Gasteiger partial charge in [-0.3, -0.25) is 0 Å². The monoisotopic (exact) mass is 998 g/mol. The van der Waals surface area contributed by atoms with E-state index < -0.39 is 0 Å². The van der Waals surface area contributed by atoms with E-state index >= 15 is 0 Å². The van der Waals surface area contributed by atoms with E-state index in [1.165, 1.54) is 158 Å². The van der Waals surface area contributed by atoms with Crippen LogP contribution in [-0.2, 0) is 0 Å². The number of anilines is 20. The number of hydrogen-bond acceptors (Lipinski definition) is 8. The zero-order valence-electron chi connectivity index (χ0n) is 40.3. The first-order valence-electron chi connectivity index (χ1n) is 25.4. The summed E-state index contributed by atoms with van der Waals surface area (Å²) in [5.74, 6) is 0. The molecule has 1 aromatic heterocycles. The zero-order chi connectivity index (χ0) is 47.6. The molecule has 8 nitrogen and oxygen atoms in total. The van der Waals surface area contributed by atoms with Crippen LogP contribution in [0.4, 0.5) is 114 Å². The summed E-state index contributed by atoms with van der Waals surface area (Å²) in [7, 11) is 9.12. The minimum absolute atomic E-state index is 0.0365. The van der Waals surface area contributed by atoms with Crippen molar-refractivity contribution in [3.8, 4) is 22.3 Å². The Kier molecular flexibility index (Phi) is 6.58. The Bertz CT molecular complexity index is 4310. The SMILES string of the molecule is CN1c2cc(-c3ccccc3)cc3c2N2c4c1cccc4N(C)c1ccc4c(c12)B3c1[se]c2c3c1N4c1ccccc1N3c1ccc3c4c1B2c1ccc(-c2ccccc2)c2c1N4c1c(cccc1N2C)N3C. The number of nitrogens with zero attached hydrogens (tertiary/aromatic N) is 8. The molecule has 0 saturated heterocycles. The van der Waals surface area contributed by atoms with Crippen LogP contribution < -0.4 is 69.7 Å². The molecule has 0 unspecified atom stereocenters. The van der Waals surface area contributed by atoms with Crippen LogP contribution in [-0.4, -0.2) is 56.1 Å². The Hall–Kier alpha value is -8.49. The molecule has 0 bridgehead atoms. The maximum atomic E-state index is 2.71. The maximum absolute atomic E-state index is 2.71. The fraction of sp³-hybridized carbons (Fsp3) is 0.0645. The van der Waals surface area contributed by atoms with Crippen molar-refractivity contribution >= 4 is 172 Å². The van der Waals surface area contributed by atoms with Gasteiger partial charge >= 0.3 is 432 Å². The second-order valence-corrected chi connectivity index (χ2v) is 23.3. The van der Waals surface area contributed by atoms with E-state index in [1.54, 1.807) is 8.67 Å². The predicted octanol–water partition coefficient (Wildman–Crippen LogP) is 10.9. The van der Waals surface area contributed by atoms with Crippen molar-refractivity contribution in [2.45, 2.75) is 0 Å². The third kappa shape index (κ3) is 4.12. The van der Waals surface area contributed by atoms with Crippen LogP contribution in [0.15, 0.2) is 170 Å². The molecule has 0 radical (unpaired) electrons. The van der Waals surface area contributed by atoms with E-state index in [0.29, 0.717) is 0 Å². The van der Waals surface area contributed by atoms with Crippen molar-refractivity contribution in [3.63, 3.8) is 0 Å². The predicted molar refractivity (Wildman–Crippen MR) is 308 cm³/mol. The third-order valence-corrected chi connectivity index (χ3v) is 20.7. The van der Waals surface area contributed by atoms with Gasteiger partial charge in [0.1, 0.15) is 0 Å². The van der Waals surface area contributed by atoms with Crippen molar-refractivity contribution < 1.29 is 0 Å². The number of fused-ring (bicyclic) bond motifs is 9. The molecule has 340 valence electrons. The fourth-order valence-electron chi connectivity index (χ4n) is 15.0. The van der Waals surface area contributed by atoms with E-state index in [9.17, 15) is 0 Å². The summed E-state index contributed by atoms with van der Waals surface area (Å²) in [5.41, 5.74) is 36.2. The quantitative estimate of drug-likeness (QED) is 0.158. The molecular weight excluding hydrogens is 957 g/mol. The van der Waals surface area contributed by atoms with E-state index in [4.69, 9.17) is 0 Å². The van der Waals surface area contributed by atoms with Crippen LogP contribution in [0, 0.1) is 0 Å². The molecule has 9 aliphatic rings. The molecule has 9 aromatic carbocycles. The molecule has 0 spiro atoms. The summed E-state index contributed by atoms with van der Waals surface area (Å²) in [6, 6.07) is 64.8. The Morgan fingerprint density at radius 3 is 1.34 bits per heavy atom. The number of rotatable bonds is 2. The standard InChI is InChI=1S/C62H40B2N8Se/c1-65-43-21-13-23-45-55(43)71-53-38(31-35(32-49(53)67(45)3)33-15-7-5-8-16-33)64-51-42(28-29-47(65)57(51)71)70-40-20-12-11-19-39(40)69-41-27-30-48-58-50(41)63(61-59(69)60(70)62(64)73-61)37-26-25-36(34-17-9-6-10-18-34)52-54(37)72(58)56-44(66(48)2)22-14-24-46(56)68(52)4/h5-32H,1-4H3. The first kappa shape index (κ1) is 38.2. The van der Waals surface area contributed by atoms with E-state index in [2.05, 4.69) is 237 Å². The van der Waals surface area contributed by atoms with Gasteiger partial charge in [-0.2, -0.15) is 0 Å². The van der Waals surface area contributed by atoms with Crippen LogP contribution >= 0.6 is 0 Å². The molecule has 10 heterocycles. The molecule has 73 heavy (non-hydrogen) atoms. The van der Waals surface area contributed by atoms with Crippen molar-refractivity contribution in [2.24, 2.45) is 0 Å². The van der Waals surface area contributed by atoms with Gasteiger partial charge in [0.05, 0.1) is 0 Å². The summed E-state index contributed by atoms with van der Waals surface area (Å²) in [6.07, 6.45) is 0. The Labute approximate surface area is 429 Å². The summed E-state index contributed by atoms with van der Waals surface area (Å²) in [4.78, 5) is 20.7. The molecule has 11 heteroatoms.